The Kier molecular flexibility index (Phi) is 6.92. The molecule has 0 aliphatic heterocycles. The number of nitrogens with one attached hydrogen (secondary N) is 2. The quantitative estimate of drug-likeness (QED) is 0.580. The minimum Gasteiger partial charge on any atom is -0.326 e. The Hall–Kier alpha value is -2.66. The molecule has 2 aromatic carbocycles. The van der Waals surface area contributed by atoms with Gasteiger partial charge in [-0.15, -0.1) is 0 Å². The van der Waals surface area contributed by atoms with E-state index in [9.17, 15) is 9.59 Å². The summed E-state index contributed by atoms with van der Waals surface area (Å²) in [6.45, 7) is 5.77. The zero-order valence-electron chi connectivity index (χ0n) is 15.0. The first-order chi connectivity index (χ1) is 12.3. The molecule has 2 N–H and O–H groups in total. The van der Waals surface area contributed by atoms with Crippen molar-refractivity contribution in [3.8, 4) is 0 Å². The highest BCUT2D eigenvalue weighted by Crippen LogP contribution is 2.12. The molecule has 5 nitrogen and oxygen atoms in total. The molecule has 0 spiro atoms. The van der Waals surface area contributed by atoms with Gasteiger partial charge in [0.15, 0.2) is 0 Å². The van der Waals surface area contributed by atoms with Crippen molar-refractivity contribution in [2.45, 2.75) is 27.2 Å². The number of rotatable bonds is 6. The molecule has 2 rings (SSSR count). The Morgan fingerprint density at radius 2 is 1.58 bits per heavy atom. The summed E-state index contributed by atoms with van der Waals surface area (Å²) in [6, 6.07) is 13.9. The van der Waals surface area contributed by atoms with Crippen LogP contribution in [0.15, 0.2) is 53.6 Å². The fourth-order valence-corrected chi connectivity index (χ4v) is 2.37. The summed E-state index contributed by atoms with van der Waals surface area (Å²) in [5.74, 6) is -0.0689. The minimum absolute atomic E-state index is 0.0413. The number of nitrogens with zero attached hydrogens (tertiary/aromatic N) is 1. The maximum absolute atomic E-state index is 12.2. The molecule has 0 aromatic heterocycles. The second-order valence-electron chi connectivity index (χ2n) is 6.37. The number of hydrogen-bond acceptors (Lipinski definition) is 3. The van der Waals surface area contributed by atoms with Gasteiger partial charge in [-0.05, 0) is 54.8 Å². The normalized spacial score (nSPS) is 11.3. The zero-order chi connectivity index (χ0) is 19.1. The fourth-order valence-electron chi connectivity index (χ4n) is 2.24. The monoisotopic (exact) mass is 371 g/mol. The molecule has 26 heavy (non-hydrogen) atoms. The number of hydrogen-bond donors (Lipinski definition) is 2. The molecule has 0 unspecified atom stereocenters. The fraction of sp³-hybridized carbons (Fsp3) is 0.250. The smallest absolute Gasteiger partial charge is 0.271 e. The maximum Gasteiger partial charge on any atom is 0.271 e. The van der Waals surface area contributed by atoms with E-state index >= 15 is 0 Å². The predicted molar refractivity (Wildman–Crippen MR) is 106 cm³/mol. The van der Waals surface area contributed by atoms with Crippen molar-refractivity contribution in [1.29, 1.82) is 0 Å². The van der Waals surface area contributed by atoms with E-state index in [4.69, 9.17) is 11.6 Å². The largest absolute Gasteiger partial charge is 0.326 e. The highest BCUT2D eigenvalue weighted by atomic mass is 35.5. The van der Waals surface area contributed by atoms with Crippen LogP contribution in [0, 0.1) is 5.92 Å². The Balaban J connectivity index is 1.96. The number of carbonyl (C=O) groups excluding carboxylic acids is 2. The van der Waals surface area contributed by atoms with Gasteiger partial charge in [-0.1, -0.05) is 37.6 Å². The van der Waals surface area contributed by atoms with Crippen molar-refractivity contribution in [3.05, 3.63) is 64.7 Å². The average Bonchev–Trinajstić information content (AvgIpc) is 2.60. The van der Waals surface area contributed by atoms with E-state index in [1.165, 1.54) is 0 Å². The molecule has 2 aromatic rings. The van der Waals surface area contributed by atoms with E-state index in [1.54, 1.807) is 43.3 Å². The van der Waals surface area contributed by atoms with Gasteiger partial charge < -0.3 is 5.32 Å². The number of halogens is 1. The molecule has 2 amide bonds. The van der Waals surface area contributed by atoms with Gasteiger partial charge in [0.05, 0.1) is 5.71 Å². The molecule has 0 radical (unpaired) electrons. The lowest BCUT2D eigenvalue weighted by Gasteiger charge is -2.08. The molecule has 0 aliphatic rings. The molecule has 0 atom stereocenters. The molecule has 0 bridgehead atoms. The van der Waals surface area contributed by atoms with Crippen molar-refractivity contribution in [3.63, 3.8) is 0 Å². The van der Waals surface area contributed by atoms with Crippen molar-refractivity contribution in [2.75, 3.05) is 5.32 Å². The highest BCUT2D eigenvalue weighted by Gasteiger charge is 2.08. The minimum atomic E-state index is -0.321. The van der Waals surface area contributed by atoms with Gasteiger partial charge in [0.1, 0.15) is 0 Å². The zero-order valence-corrected chi connectivity index (χ0v) is 15.8. The summed E-state index contributed by atoms with van der Waals surface area (Å²) in [5, 5.41) is 7.56. The van der Waals surface area contributed by atoms with Gasteiger partial charge in [-0.2, -0.15) is 5.10 Å². The van der Waals surface area contributed by atoms with Gasteiger partial charge in [0.25, 0.3) is 5.91 Å². The third kappa shape index (κ3) is 6.01. The number of hydrazone groups is 1. The van der Waals surface area contributed by atoms with Crippen molar-refractivity contribution < 1.29 is 9.59 Å². The summed E-state index contributed by atoms with van der Waals surface area (Å²) in [5.41, 5.74) is 5.19. The molecular formula is C20H22ClN3O2. The van der Waals surface area contributed by atoms with Gasteiger partial charge in [0.2, 0.25) is 5.91 Å². The summed E-state index contributed by atoms with van der Waals surface area (Å²) < 4.78 is 0. The number of benzene rings is 2. The lowest BCUT2D eigenvalue weighted by molar-refractivity contribution is -0.116. The Labute approximate surface area is 158 Å². The highest BCUT2D eigenvalue weighted by molar-refractivity contribution is 6.30. The molecular weight excluding hydrogens is 350 g/mol. The van der Waals surface area contributed by atoms with Crippen molar-refractivity contribution in [2.24, 2.45) is 11.0 Å². The molecule has 0 saturated heterocycles. The maximum atomic E-state index is 12.2. The molecule has 6 heteroatoms. The average molecular weight is 372 g/mol. The summed E-state index contributed by atoms with van der Waals surface area (Å²) in [6.07, 6.45) is 0.459. The summed E-state index contributed by atoms with van der Waals surface area (Å²) in [7, 11) is 0. The number of anilines is 1. The molecule has 0 heterocycles. The van der Waals surface area contributed by atoms with E-state index in [1.807, 2.05) is 26.0 Å². The summed E-state index contributed by atoms with van der Waals surface area (Å²) in [4.78, 5) is 23.9. The van der Waals surface area contributed by atoms with Gasteiger partial charge in [-0.3, -0.25) is 9.59 Å². The van der Waals surface area contributed by atoms with Crippen LogP contribution in [0.1, 0.15) is 43.1 Å². The van der Waals surface area contributed by atoms with Gasteiger partial charge in [0, 0.05) is 22.7 Å². The third-order valence-electron chi connectivity index (χ3n) is 3.61. The lowest BCUT2D eigenvalue weighted by atomic mass is 10.1. The van der Waals surface area contributed by atoms with Crippen LogP contribution in [0.3, 0.4) is 0 Å². The second-order valence-corrected chi connectivity index (χ2v) is 6.80. The van der Waals surface area contributed by atoms with Crippen molar-refractivity contribution in [1.82, 2.24) is 5.43 Å². The standard InChI is InChI=1S/C20H22ClN3O2/c1-13(2)12-19(25)22-18-10-6-16(7-11-18)20(26)24-23-14(3)15-4-8-17(21)9-5-15/h4-11,13H,12H2,1-3H3,(H,22,25)(H,24,26)/b23-14+. The van der Waals surface area contributed by atoms with E-state index < -0.39 is 0 Å². The lowest BCUT2D eigenvalue weighted by Crippen LogP contribution is -2.19. The molecule has 0 saturated carbocycles. The molecule has 136 valence electrons. The molecule has 0 aliphatic carbocycles. The number of carbonyl (C=O) groups is 2. The van der Waals surface area contributed by atoms with Gasteiger partial charge in [-0.25, -0.2) is 5.43 Å². The van der Waals surface area contributed by atoms with Crippen LogP contribution >= 0.6 is 11.6 Å². The van der Waals surface area contributed by atoms with Crippen LogP contribution in [0.5, 0.6) is 0 Å². The second kappa shape index (κ2) is 9.15. The van der Waals surface area contributed by atoms with Crippen molar-refractivity contribution >= 4 is 34.8 Å². The topological polar surface area (TPSA) is 70.6 Å². The first kappa shape index (κ1) is 19.7. The van der Waals surface area contributed by atoms with Gasteiger partial charge >= 0.3 is 0 Å². The van der Waals surface area contributed by atoms with E-state index in [0.29, 0.717) is 34.3 Å². The van der Waals surface area contributed by atoms with E-state index in [-0.39, 0.29) is 11.8 Å². The van der Waals surface area contributed by atoms with Crippen LogP contribution in [0.2, 0.25) is 5.02 Å². The molecule has 0 fully saturated rings. The van der Waals surface area contributed by atoms with E-state index in [2.05, 4.69) is 15.8 Å². The van der Waals surface area contributed by atoms with E-state index in [0.717, 1.165) is 5.56 Å². The number of amides is 2. The third-order valence-corrected chi connectivity index (χ3v) is 3.86. The summed E-state index contributed by atoms with van der Waals surface area (Å²) >= 11 is 5.86. The van der Waals surface area contributed by atoms with Crippen LogP contribution in [0.4, 0.5) is 5.69 Å². The first-order valence-electron chi connectivity index (χ1n) is 8.35. The first-order valence-corrected chi connectivity index (χ1v) is 8.73. The Morgan fingerprint density at radius 1 is 1.00 bits per heavy atom. The van der Waals surface area contributed by atoms with Crippen LogP contribution in [0.25, 0.3) is 0 Å². The van der Waals surface area contributed by atoms with Crippen LogP contribution < -0.4 is 10.7 Å². The SMILES string of the molecule is C/C(=N\NC(=O)c1ccc(NC(=O)CC(C)C)cc1)c1ccc(Cl)cc1. The van der Waals surface area contributed by atoms with Crippen LogP contribution in [-0.2, 0) is 4.79 Å². The Morgan fingerprint density at radius 3 is 2.15 bits per heavy atom. The predicted octanol–water partition coefficient (Wildman–Crippen LogP) is 4.48. The van der Waals surface area contributed by atoms with Crippen LogP contribution in [-0.4, -0.2) is 17.5 Å². The Bertz CT molecular complexity index is 797.